The van der Waals surface area contributed by atoms with Crippen molar-refractivity contribution in [3.05, 3.63) is 24.5 Å². The number of imidazole rings is 1. The van der Waals surface area contributed by atoms with Crippen molar-refractivity contribution < 1.29 is 9.53 Å². The third kappa shape index (κ3) is 4.80. The van der Waals surface area contributed by atoms with E-state index in [9.17, 15) is 4.79 Å². The number of amides is 1. The van der Waals surface area contributed by atoms with Gasteiger partial charge in [-0.2, -0.15) is 0 Å². The van der Waals surface area contributed by atoms with Gasteiger partial charge in [0.1, 0.15) is 24.0 Å². The van der Waals surface area contributed by atoms with E-state index >= 15 is 0 Å². The number of fused-ring (bicyclic) bond motifs is 1. The Morgan fingerprint density at radius 1 is 1.15 bits per heavy atom. The Hall–Kier alpha value is -3.14. The predicted molar refractivity (Wildman–Crippen MR) is 126 cm³/mol. The van der Waals surface area contributed by atoms with Crippen molar-refractivity contribution in [2.45, 2.75) is 72.3 Å². The number of anilines is 1. The molecular weight excluding hydrogens is 420 g/mol. The molecule has 3 atom stereocenters. The summed E-state index contributed by atoms with van der Waals surface area (Å²) in [6, 6.07) is -0.400. The maximum Gasteiger partial charge on any atom is 0.245 e. The van der Waals surface area contributed by atoms with Gasteiger partial charge in [-0.05, 0) is 34.1 Å². The minimum atomic E-state index is -0.400. The average Bonchev–Trinajstić information content (AvgIpc) is 3.17. The number of aryl methyl sites for hydroxylation is 2. The van der Waals surface area contributed by atoms with E-state index in [2.05, 4.69) is 32.2 Å². The second-order valence-electron chi connectivity index (χ2n) is 8.58. The van der Waals surface area contributed by atoms with Gasteiger partial charge in [0.25, 0.3) is 0 Å². The SMILES string of the molecule is CCCC(Nc1ncnc2c1nc(-c1cnc(C)nc1)n2CC)C(=O)N1C[C@@H](C)O[C@@H](C)C1. The third-order valence-corrected chi connectivity index (χ3v) is 5.81. The van der Waals surface area contributed by atoms with Crippen molar-refractivity contribution in [1.29, 1.82) is 0 Å². The number of nitrogens with zero attached hydrogens (tertiary/aromatic N) is 7. The first-order valence-corrected chi connectivity index (χ1v) is 11.6. The molecule has 0 bridgehead atoms. The summed E-state index contributed by atoms with van der Waals surface area (Å²) in [4.78, 5) is 37.7. The van der Waals surface area contributed by atoms with Gasteiger partial charge in [-0.1, -0.05) is 13.3 Å². The largest absolute Gasteiger partial charge is 0.372 e. The van der Waals surface area contributed by atoms with Gasteiger partial charge in [0.05, 0.1) is 17.8 Å². The van der Waals surface area contributed by atoms with E-state index in [-0.39, 0.29) is 18.1 Å². The van der Waals surface area contributed by atoms with E-state index in [1.807, 2.05) is 37.2 Å². The van der Waals surface area contributed by atoms with E-state index in [4.69, 9.17) is 9.72 Å². The first-order valence-electron chi connectivity index (χ1n) is 11.6. The van der Waals surface area contributed by atoms with Gasteiger partial charge in [-0.3, -0.25) is 4.79 Å². The molecule has 0 aromatic carbocycles. The number of carbonyl (C=O) groups excluding carboxylic acids is 1. The van der Waals surface area contributed by atoms with Crippen molar-refractivity contribution in [3.63, 3.8) is 0 Å². The van der Waals surface area contributed by atoms with Gasteiger partial charge in [-0.15, -0.1) is 0 Å². The Labute approximate surface area is 193 Å². The van der Waals surface area contributed by atoms with Crippen molar-refractivity contribution in [2.24, 2.45) is 0 Å². The van der Waals surface area contributed by atoms with Crippen molar-refractivity contribution in [3.8, 4) is 11.4 Å². The fraction of sp³-hybridized carbons (Fsp3) is 0.565. The number of rotatable bonds is 7. The lowest BCUT2D eigenvalue weighted by atomic mass is 10.1. The van der Waals surface area contributed by atoms with Gasteiger partial charge < -0.3 is 19.5 Å². The van der Waals surface area contributed by atoms with Crippen LogP contribution in [0.1, 0.15) is 46.4 Å². The summed E-state index contributed by atoms with van der Waals surface area (Å²) in [6.07, 6.45) is 6.64. The number of carbonyl (C=O) groups is 1. The van der Waals surface area contributed by atoms with Crippen LogP contribution in [0.25, 0.3) is 22.6 Å². The second-order valence-corrected chi connectivity index (χ2v) is 8.58. The van der Waals surface area contributed by atoms with Crippen LogP contribution in [-0.2, 0) is 16.1 Å². The smallest absolute Gasteiger partial charge is 0.245 e. The molecule has 33 heavy (non-hydrogen) atoms. The van der Waals surface area contributed by atoms with Crippen LogP contribution in [0.3, 0.4) is 0 Å². The number of ether oxygens (including phenoxy) is 1. The lowest BCUT2D eigenvalue weighted by Crippen LogP contribution is -2.52. The standard InChI is InChI=1S/C23H32N8O2/c1-6-8-18(23(32)30-11-14(3)33-15(4)12-30)28-20-19-22(27-13-26-20)31(7-2)21(29-19)17-9-24-16(5)25-10-17/h9-10,13-15,18H,6-8,11-12H2,1-5H3,(H,26,27,28)/t14-,15+,18?. The van der Waals surface area contributed by atoms with Crippen molar-refractivity contribution >= 4 is 22.9 Å². The topological polar surface area (TPSA) is 111 Å². The van der Waals surface area contributed by atoms with Crippen molar-refractivity contribution in [2.75, 3.05) is 18.4 Å². The van der Waals surface area contributed by atoms with Crippen LogP contribution in [0.4, 0.5) is 5.82 Å². The minimum Gasteiger partial charge on any atom is -0.372 e. The number of nitrogens with one attached hydrogen (secondary N) is 1. The van der Waals surface area contributed by atoms with Crippen LogP contribution in [-0.4, -0.2) is 71.6 Å². The normalized spacial score (nSPS) is 19.6. The molecule has 1 aliphatic rings. The molecule has 1 amide bonds. The Morgan fingerprint density at radius 2 is 1.85 bits per heavy atom. The molecule has 3 aromatic heterocycles. The Balaban J connectivity index is 1.68. The predicted octanol–water partition coefficient (Wildman–Crippen LogP) is 2.83. The van der Waals surface area contributed by atoms with Gasteiger partial charge in [-0.25, -0.2) is 24.9 Å². The molecular formula is C23H32N8O2. The Bertz CT molecular complexity index is 1100. The zero-order valence-corrected chi connectivity index (χ0v) is 19.9. The summed E-state index contributed by atoms with van der Waals surface area (Å²) >= 11 is 0. The highest BCUT2D eigenvalue weighted by Crippen LogP contribution is 2.27. The molecule has 0 spiro atoms. The number of aromatic nitrogens is 6. The van der Waals surface area contributed by atoms with Crippen LogP contribution < -0.4 is 5.32 Å². The van der Waals surface area contributed by atoms with Crippen molar-refractivity contribution in [1.82, 2.24) is 34.4 Å². The molecule has 1 aliphatic heterocycles. The highest BCUT2D eigenvalue weighted by molar-refractivity contribution is 5.90. The highest BCUT2D eigenvalue weighted by Gasteiger charge is 2.31. The highest BCUT2D eigenvalue weighted by atomic mass is 16.5. The first-order chi connectivity index (χ1) is 15.9. The minimum absolute atomic E-state index is 0.0188. The van der Waals surface area contributed by atoms with Gasteiger partial charge in [0, 0.05) is 32.0 Å². The number of morpholine rings is 1. The van der Waals surface area contributed by atoms with E-state index in [0.29, 0.717) is 48.9 Å². The Kier molecular flexibility index (Phi) is 6.83. The zero-order valence-electron chi connectivity index (χ0n) is 19.9. The zero-order chi connectivity index (χ0) is 23.5. The molecule has 176 valence electrons. The Morgan fingerprint density at radius 3 is 2.48 bits per heavy atom. The monoisotopic (exact) mass is 452 g/mol. The molecule has 0 saturated carbocycles. The fourth-order valence-corrected chi connectivity index (χ4v) is 4.36. The maximum absolute atomic E-state index is 13.4. The van der Waals surface area contributed by atoms with Crippen LogP contribution in [0, 0.1) is 6.92 Å². The lowest BCUT2D eigenvalue weighted by Gasteiger charge is -2.37. The molecule has 10 heteroatoms. The molecule has 0 radical (unpaired) electrons. The third-order valence-electron chi connectivity index (χ3n) is 5.81. The lowest BCUT2D eigenvalue weighted by molar-refractivity contribution is -0.144. The number of hydrogen-bond acceptors (Lipinski definition) is 8. The summed E-state index contributed by atoms with van der Waals surface area (Å²) in [7, 11) is 0. The molecule has 1 N–H and O–H groups in total. The van der Waals surface area contributed by atoms with Gasteiger partial charge in [0.2, 0.25) is 5.91 Å². The van der Waals surface area contributed by atoms with Crippen LogP contribution >= 0.6 is 0 Å². The molecule has 1 saturated heterocycles. The van der Waals surface area contributed by atoms with E-state index in [1.165, 1.54) is 6.33 Å². The average molecular weight is 453 g/mol. The van der Waals surface area contributed by atoms with Crippen LogP contribution in [0.2, 0.25) is 0 Å². The van der Waals surface area contributed by atoms with E-state index in [0.717, 1.165) is 17.8 Å². The first kappa shape index (κ1) is 23.0. The van der Waals surface area contributed by atoms with E-state index < -0.39 is 6.04 Å². The summed E-state index contributed by atoms with van der Waals surface area (Å²) in [5, 5.41) is 3.38. The molecule has 1 unspecified atom stereocenters. The summed E-state index contributed by atoms with van der Waals surface area (Å²) in [6.45, 7) is 11.8. The fourth-order valence-electron chi connectivity index (χ4n) is 4.36. The molecule has 4 rings (SSSR count). The molecule has 4 heterocycles. The van der Waals surface area contributed by atoms with Crippen LogP contribution in [0.5, 0.6) is 0 Å². The maximum atomic E-state index is 13.4. The summed E-state index contributed by atoms with van der Waals surface area (Å²) < 4.78 is 7.81. The van der Waals surface area contributed by atoms with Gasteiger partial charge >= 0.3 is 0 Å². The molecule has 10 nitrogen and oxygen atoms in total. The van der Waals surface area contributed by atoms with Gasteiger partial charge in [0.15, 0.2) is 17.0 Å². The number of hydrogen-bond donors (Lipinski definition) is 1. The second kappa shape index (κ2) is 9.78. The molecule has 3 aromatic rings. The summed E-state index contributed by atoms with van der Waals surface area (Å²) in [5.74, 6) is 2.05. The summed E-state index contributed by atoms with van der Waals surface area (Å²) in [5.41, 5.74) is 2.15. The van der Waals surface area contributed by atoms with Crippen LogP contribution in [0.15, 0.2) is 18.7 Å². The molecule has 1 fully saturated rings. The van der Waals surface area contributed by atoms with E-state index in [1.54, 1.807) is 12.4 Å². The quantitative estimate of drug-likeness (QED) is 0.583. The molecule has 0 aliphatic carbocycles.